The molecule has 0 aliphatic heterocycles. The van der Waals surface area contributed by atoms with Crippen molar-refractivity contribution in [3.8, 4) is 5.75 Å². The maximum absolute atomic E-state index is 12.0. The van der Waals surface area contributed by atoms with Crippen molar-refractivity contribution < 1.29 is 19.4 Å². The molecule has 1 aromatic carbocycles. The van der Waals surface area contributed by atoms with Gasteiger partial charge in [0.2, 0.25) is 5.91 Å². The number of ether oxygens (including phenoxy) is 1. The maximum Gasteiger partial charge on any atom is 0.328 e. The lowest BCUT2D eigenvalue weighted by atomic mass is 10.1. The fraction of sp³-hybridized carbons (Fsp3) is 0.467. The zero-order valence-corrected chi connectivity index (χ0v) is 12.0. The fourth-order valence-corrected chi connectivity index (χ4v) is 1.97. The SMILES string of the molecule is CCOC(=O)[C@H](Cc1ccc(O)cc1)NC(=O)C1(N)CC1. The average Bonchev–Trinajstić information content (AvgIpc) is 3.20. The van der Waals surface area contributed by atoms with Crippen LogP contribution < -0.4 is 11.1 Å². The van der Waals surface area contributed by atoms with E-state index >= 15 is 0 Å². The monoisotopic (exact) mass is 292 g/mol. The Balaban J connectivity index is 2.06. The van der Waals surface area contributed by atoms with E-state index in [9.17, 15) is 14.7 Å². The number of rotatable bonds is 6. The molecule has 0 radical (unpaired) electrons. The Hall–Kier alpha value is -2.08. The van der Waals surface area contributed by atoms with Gasteiger partial charge >= 0.3 is 5.97 Å². The number of phenolic OH excluding ortho intramolecular Hbond substituents is 1. The molecular formula is C15H20N2O4. The van der Waals surface area contributed by atoms with Gasteiger partial charge in [-0.15, -0.1) is 0 Å². The summed E-state index contributed by atoms with van der Waals surface area (Å²) in [6, 6.07) is 5.68. The average molecular weight is 292 g/mol. The first-order chi connectivity index (χ1) is 9.94. The van der Waals surface area contributed by atoms with Gasteiger partial charge in [0, 0.05) is 6.42 Å². The summed E-state index contributed by atoms with van der Waals surface area (Å²) in [6.45, 7) is 1.96. The molecule has 6 nitrogen and oxygen atoms in total. The van der Waals surface area contributed by atoms with Crippen LogP contribution in [0.3, 0.4) is 0 Å². The van der Waals surface area contributed by atoms with Gasteiger partial charge in [0.05, 0.1) is 12.1 Å². The second-order valence-corrected chi connectivity index (χ2v) is 5.30. The van der Waals surface area contributed by atoms with Crippen molar-refractivity contribution in [1.82, 2.24) is 5.32 Å². The molecule has 0 aromatic heterocycles. The lowest BCUT2D eigenvalue weighted by Gasteiger charge is -2.19. The van der Waals surface area contributed by atoms with Crippen LogP contribution in [0.5, 0.6) is 5.75 Å². The van der Waals surface area contributed by atoms with Crippen molar-refractivity contribution in [3.05, 3.63) is 29.8 Å². The topological polar surface area (TPSA) is 102 Å². The predicted octanol–water partition coefficient (Wildman–Crippen LogP) is 0.474. The molecule has 1 saturated carbocycles. The molecule has 0 bridgehead atoms. The highest BCUT2D eigenvalue weighted by molar-refractivity contribution is 5.92. The molecular weight excluding hydrogens is 272 g/mol. The number of amides is 1. The van der Waals surface area contributed by atoms with Crippen LogP contribution in [0.2, 0.25) is 0 Å². The van der Waals surface area contributed by atoms with Gasteiger partial charge in [0.15, 0.2) is 0 Å². The molecule has 2 rings (SSSR count). The van der Waals surface area contributed by atoms with Crippen molar-refractivity contribution in [1.29, 1.82) is 0 Å². The van der Waals surface area contributed by atoms with Gasteiger partial charge < -0.3 is 20.9 Å². The molecule has 114 valence electrons. The zero-order chi connectivity index (χ0) is 15.5. The van der Waals surface area contributed by atoms with Crippen LogP contribution >= 0.6 is 0 Å². The summed E-state index contributed by atoms with van der Waals surface area (Å²) in [7, 11) is 0. The fourth-order valence-electron chi connectivity index (χ4n) is 1.97. The molecule has 6 heteroatoms. The summed E-state index contributed by atoms with van der Waals surface area (Å²) in [5, 5.41) is 11.9. The highest BCUT2D eigenvalue weighted by Crippen LogP contribution is 2.32. The summed E-state index contributed by atoms with van der Waals surface area (Å²) in [5.74, 6) is -0.656. The summed E-state index contributed by atoms with van der Waals surface area (Å²) in [4.78, 5) is 24.0. The number of hydrogen-bond donors (Lipinski definition) is 3. The summed E-state index contributed by atoms with van der Waals surface area (Å²) >= 11 is 0. The Labute approximate surface area is 123 Å². The van der Waals surface area contributed by atoms with Gasteiger partial charge in [-0.2, -0.15) is 0 Å². The van der Waals surface area contributed by atoms with Crippen molar-refractivity contribution in [2.24, 2.45) is 5.73 Å². The number of nitrogens with two attached hydrogens (primary N) is 1. The Kier molecular flexibility index (Phi) is 4.47. The van der Waals surface area contributed by atoms with Crippen LogP contribution in [-0.2, 0) is 20.7 Å². The van der Waals surface area contributed by atoms with Crippen LogP contribution in [0.25, 0.3) is 0 Å². The highest BCUT2D eigenvalue weighted by atomic mass is 16.5. The van der Waals surface area contributed by atoms with Crippen molar-refractivity contribution in [2.45, 2.75) is 37.8 Å². The third kappa shape index (κ3) is 3.95. The molecule has 1 amide bonds. The lowest BCUT2D eigenvalue weighted by Crippen LogP contribution is -2.51. The quantitative estimate of drug-likeness (QED) is 0.662. The Bertz CT molecular complexity index is 523. The molecule has 0 heterocycles. The van der Waals surface area contributed by atoms with Gasteiger partial charge in [-0.25, -0.2) is 4.79 Å². The zero-order valence-electron chi connectivity index (χ0n) is 12.0. The summed E-state index contributed by atoms with van der Waals surface area (Å²) < 4.78 is 4.99. The number of benzene rings is 1. The van der Waals surface area contributed by atoms with E-state index in [-0.39, 0.29) is 18.3 Å². The van der Waals surface area contributed by atoms with Gasteiger partial charge in [-0.05, 0) is 37.5 Å². The molecule has 21 heavy (non-hydrogen) atoms. The van der Waals surface area contributed by atoms with E-state index in [1.807, 2.05) is 0 Å². The number of nitrogens with one attached hydrogen (secondary N) is 1. The number of carbonyl (C=O) groups excluding carboxylic acids is 2. The number of hydrogen-bond acceptors (Lipinski definition) is 5. The van der Waals surface area contributed by atoms with Crippen LogP contribution in [0, 0.1) is 0 Å². The summed E-state index contributed by atoms with van der Waals surface area (Å²) in [5.41, 5.74) is 5.81. The van der Waals surface area contributed by atoms with Crippen molar-refractivity contribution in [2.75, 3.05) is 6.61 Å². The van der Waals surface area contributed by atoms with E-state index in [4.69, 9.17) is 10.5 Å². The van der Waals surface area contributed by atoms with Crippen LogP contribution in [0.15, 0.2) is 24.3 Å². The first kappa shape index (κ1) is 15.3. The largest absolute Gasteiger partial charge is 0.508 e. The minimum atomic E-state index is -0.834. The highest BCUT2D eigenvalue weighted by Gasteiger charge is 2.47. The van der Waals surface area contributed by atoms with E-state index in [0.29, 0.717) is 19.3 Å². The Morgan fingerprint density at radius 1 is 1.38 bits per heavy atom. The second-order valence-electron chi connectivity index (χ2n) is 5.30. The van der Waals surface area contributed by atoms with Crippen LogP contribution in [0.1, 0.15) is 25.3 Å². The normalized spacial score (nSPS) is 16.9. The molecule has 1 aliphatic rings. The van der Waals surface area contributed by atoms with E-state index in [1.165, 1.54) is 12.1 Å². The molecule has 1 atom stereocenters. The lowest BCUT2D eigenvalue weighted by molar-refractivity contribution is -0.147. The summed E-state index contributed by atoms with van der Waals surface area (Å²) in [6.07, 6.45) is 1.56. The predicted molar refractivity (Wildman–Crippen MR) is 76.5 cm³/mol. The number of phenols is 1. The van der Waals surface area contributed by atoms with E-state index < -0.39 is 17.6 Å². The van der Waals surface area contributed by atoms with Crippen LogP contribution in [0.4, 0.5) is 0 Å². The molecule has 0 saturated heterocycles. The standard InChI is InChI=1S/C15H20N2O4/c1-2-21-13(19)12(17-14(20)15(16)7-8-15)9-10-3-5-11(18)6-4-10/h3-6,12,18H,2,7-9,16H2,1H3,(H,17,20)/t12-/m0/s1. The number of aromatic hydroxyl groups is 1. The molecule has 1 aromatic rings. The van der Waals surface area contributed by atoms with Gasteiger partial charge in [0.1, 0.15) is 11.8 Å². The van der Waals surface area contributed by atoms with E-state index in [1.54, 1.807) is 19.1 Å². The molecule has 1 aliphatic carbocycles. The first-order valence-corrected chi connectivity index (χ1v) is 6.99. The molecule has 0 unspecified atom stereocenters. The van der Waals surface area contributed by atoms with E-state index in [0.717, 1.165) is 5.56 Å². The minimum absolute atomic E-state index is 0.148. The van der Waals surface area contributed by atoms with Gasteiger partial charge in [0.25, 0.3) is 0 Å². The Morgan fingerprint density at radius 2 is 2.00 bits per heavy atom. The molecule has 1 fully saturated rings. The van der Waals surface area contributed by atoms with Gasteiger partial charge in [-0.1, -0.05) is 12.1 Å². The minimum Gasteiger partial charge on any atom is -0.508 e. The van der Waals surface area contributed by atoms with Crippen LogP contribution in [-0.4, -0.2) is 35.2 Å². The molecule has 0 spiro atoms. The maximum atomic E-state index is 12.0. The third-order valence-electron chi connectivity index (χ3n) is 3.49. The smallest absolute Gasteiger partial charge is 0.328 e. The van der Waals surface area contributed by atoms with Crippen molar-refractivity contribution >= 4 is 11.9 Å². The first-order valence-electron chi connectivity index (χ1n) is 6.99. The molecule has 4 N–H and O–H groups in total. The third-order valence-corrected chi connectivity index (χ3v) is 3.49. The van der Waals surface area contributed by atoms with E-state index in [2.05, 4.69) is 5.32 Å². The Morgan fingerprint density at radius 3 is 2.52 bits per heavy atom. The second kappa shape index (κ2) is 6.13. The number of carbonyl (C=O) groups is 2. The van der Waals surface area contributed by atoms with Gasteiger partial charge in [-0.3, -0.25) is 4.79 Å². The number of esters is 1. The van der Waals surface area contributed by atoms with Crippen molar-refractivity contribution in [3.63, 3.8) is 0 Å².